The molecule has 4 heterocycles. The molecule has 0 aliphatic rings. The van der Waals surface area contributed by atoms with Crippen molar-refractivity contribution in [3.63, 3.8) is 0 Å². The number of benzene rings is 4. The van der Waals surface area contributed by atoms with Crippen molar-refractivity contribution in [3.8, 4) is 44.8 Å². The number of hydrogen-bond acceptors (Lipinski definition) is 8. The summed E-state index contributed by atoms with van der Waals surface area (Å²) in [5.74, 6) is 1.43. The van der Waals surface area contributed by atoms with Crippen molar-refractivity contribution < 1.29 is 8.78 Å². The number of hydrogen-bond donors (Lipinski definition) is 1. The van der Waals surface area contributed by atoms with Gasteiger partial charge >= 0.3 is 0 Å². The average molecular weight is 730 g/mol. The zero-order valence-corrected chi connectivity index (χ0v) is 29.7. The van der Waals surface area contributed by atoms with Crippen molar-refractivity contribution in [1.82, 2.24) is 29.9 Å². The van der Waals surface area contributed by atoms with E-state index in [1.54, 1.807) is 67.0 Å². The van der Waals surface area contributed by atoms with E-state index < -0.39 is 0 Å². The normalized spacial score (nSPS) is 10.6. The second-order valence-corrected chi connectivity index (χ2v) is 13.0. The molecule has 0 aliphatic carbocycles. The number of halogens is 2. The predicted octanol–water partition coefficient (Wildman–Crippen LogP) is 10.6. The van der Waals surface area contributed by atoms with Crippen molar-refractivity contribution >= 4 is 17.7 Å². The molecule has 0 fully saturated rings. The standard InChI is InChI=1S/C22H17FN4.C22H16FN3S/c23-19-8-6-17(7-9-19)20-15-26-22(25-14-16-4-2-1-3-5-16)27-21(20)18-10-12-24-13-11-18;23-18-8-6-16(7-9-18)20-14-25-21(15-27-19-4-2-1-3-5-19)26-22(20)17-10-12-24-13-11-17/h1-13,15H,14H2,(H,25,26,27);1-14H,15H2. The number of rotatable bonds is 10. The van der Waals surface area contributed by atoms with Crippen LogP contribution in [0, 0.1) is 11.6 Å². The molecular weight excluding hydrogens is 697 g/mol. The summed E-state index contributed by atoms with van der Waals surface area (Å²) in [7, 11) is 0. The Morgan fingerprint density at radius 2 is 1.00 bits per heavy atom. The maximum absolute atomic E-state index is 13.3. The lowest BCUT2D eigenvalue weighted by Gasteiger charge is -2.12. The van der Waals surface area contributed by atoms with E-state index in [-0.39, 0.29) is 11.6 Å². The Bertz CT molecular complexity index is 2210. The monoisotopic (exact) mass is 729 g/mol. The van der Waals surface area contributed by atoms with Gasteiger partial charge in [-0.2, -0.15) is 0 Å². The quantitative estimate of drug-likeness (QED) is 0.139. The molecule has 4 aromatic carbocycles. The van der Waals surface area contributed by atoms with Crippen LogP contribution in [0.3, 0.4) is 0 Å². The van der Waals surface area contributed by atoms with Crippen molar-refractivity contribution in [1.29, 1.82) is 0 Å². The van der Waals surface area contributed by atoms with Gasteiger partial charge in [0.1, 0.15) is 17.5 Å². The molecule has 54 heavy (non-hydrogen) atoms. The molecule has 4 aromatic heterocycles. The van der Waals surface area contributed by atoms with Gasteiger partial charge in [0.2, 0.25) is 5.95 Å². The highest BCUT2D eigenvalue weighted by atomic mass is 32.2. The molecule has 8 aromatic rings. The van der Waals surface area contributed by atoms with E-state index in [4.69, 9.17) is 9.97 Å². The number of anilines is 1. The van der Waals surface area contributed by atoms with Crippen LogP contribution in [0.1, 0.15) is 11.4 Å². The smallest absolute Gasteiger partial charge is 0.223 e. The lowest BCUT2D eigenvalue weighted by Crippen LogP contribution is -2.05. The van der Waals surface area contributed by atoms with Crippen LogP contribution in [0.4, 0.5) is 14.7 Å². The number of aromatic nitrogens is 6. The molecule has 0 saturated heterocycles. The molecule has 0 saturated carbocycles. The lowest BCUT2D eigenvalue weighted by molar-refractivity contribution is 0.627. The summed E-state index contributed by atoms with van der Waals surface area (Å²) in [4.78, 5) is 27.8. The summed E-state index contributed by atoms with van der Waals surface area (Å²) in [5.41, 5.74) is 8.07. The third kappa shape index (κ3) is 9.41. The summed E-state index contributed by atoms with van der Waals surface area (Å²) in [5, 5.41) is 3.26. The fourth-order valence-corrected chi connectivity index (χ4v) is 6.32. The average Bonchev–Trinajstić information content (AvgIpc) is 3.24. The third-order valence-electron chi connectivity index (χ3n) is 8.25. The summed E-state index contributed by atoms with van der Waals surface area (Å²) >= 11 is 1.69. The Labute approximate surface area is 316 Å². The van der Waals surface area contributed by atoms with Crippen LogP contribution in [0.2, 0.25) is 0 Å². The van der Waals surface area contributed by atoms with Gasteiger partial charge in [-0.15, -0.1) is 11.8 Å². The summed E-state index contributed by atoms with van der Waals surface area (Å²) in [6.07, 6.45) is 10.5. The van der Waals surface area contributed by atoms with E-state index in [2.05, 4.69) is 37.4 Å². The van der Waals surface area contributed by atoms with Gasteiger partial charge in [-0.3, -0.25) is 9.97 Å². The fraction of sp³-hybridized carbons (Fsp3) is 0.0455. The molecule has 0 aliphatic heterocycles. The van der Waals surface area contributed by atoms with Crippen LogP contribution in [-0.4, -0.2) is 29.9 Å². The Hall–Kier alpha value is -6.65. The maximum Gasteiger partial charge on any atom is 0.223 e. The molecule has 0 bridgehead atoms. The van der Waals surface area contributed by atoms with Crippen molar-refractivity contribution in [2.75, 3.05) is 5.32 Å². The first-order valence-electron chi connectivity index (χ1n) is 17.1. The highest BCUT2D eigenvalue weighted by molar-refractivity contribution is 7.98. The van der Waals surface area contributed by atoms with E-state index in [9.17, 15) is 8.78 Å². The first-order chi connectivity index (χ1) is 26.6. The van der Waals surface area contributed by atoms with Gasteiger partial charge < -0.3 is 5.32 Å². The lowest BCUT2D eigenvalue weighted by atomic mass is 10.0. The number of nitrogens with zero attached hydrogens (tertiary/aromatic N) is 6. The molecule has 8 rings (SSSR count). The molecule has 264 valence electrons. The van der Waals surface area contributed by atoms with Crippen LogP contribution in [-0.2, 0) is 12.3 Å². The summed E-state index contributed by atoms with van der Waals surface area (Å²) in [6, 6.07) is 40.6. The van der Waals surface area contributed by atoms with E-state index in [1.165, 1.54) is 29.2 Å². The molecule has 1 N–H and O–H groups in total. The van der Waals surface area contributed by atoms with Gasteiger partial charge in [0.15, 0.2) is 0 Å². The molecule has 0 amide bonds. The third-order valence-corrected chi connectivity index (χ3v) is 9.26. The van der Waals surface area contributed by atoms with Gasteiger partial charge in [-0.05, 0) is 77.4 Å². The van der Waals surface area contributed by atoms with Crippen LogP contribution < -0.4 is 5.32 Å². The van der Waals surface area contributed by atoms with Crippen LogP contribution in [0.5, 0.6) is 0 Å². The van der Waals surface area contributed by atoms with Crippen LogP contribution >= 0.6 is 11.8 Å². The Morgan fingerprint density at radius 3 is 1.56 bits per heavy atom. The summed E-state index contributed by atoms with van der Waals surface area (Å²) < 4.78 is 26.6. The van der Waals surface area contributed by atoms with Gasteiger partial charge in [0, 0.05) is 70.9 Å². The van der Waals surface area contributed by atoms with Crippen LogP contribution in [0.15, 0.2) is 176 Å². The van der Waals surface area contributed by atoms with Gasteiger partial charge in [-0.1, -0.05) is 72.8 Å². The summed E-state index contributed by atoms with van der Waals surface area (Å²) in [6.45, 7) is 0.631. The molecule has 0 radical (unpaired) electrons. The van der Waals surface area contributed by atoms with E-state index in [1.807, 2.05) is 79.0 Å². The highest BCUT2D eigenvalue weighted by Crippen LogP contribution is 2.32. The van der Waals surface area contributed by atoms with E-state index in [0.29, 0.717) is 18.2 Å². The Kier molecular flexibility index (Phi) is 11.7. The number of pyridine rings is 2. The van der Waals surface area contributed by atoms with E-state index >= 15 is 0 Å². The molecule has 10 heteroatoms. The van der Waals surface area contributed by atoms with Gasteiger partial charge in [-0.25, -0.2) is 28.7 Å². The Morgan fingerprint density at radius 1 is 0.500 bits per heavy atom. The zero-order valence-electron chi connectivity index (χ0n) is 28.9. The molecule has 7 nitrogen and oxygen atoms in total. The van der Waals surface area contributed by atoms with Gasteiger partial charge in [0.05, 0.1) is 17.1 Å². The molecule has 0 atom stereocenters. The second kappa shape index (κ2) is 17.7. The highest BCUT2D eigenvalue weighted by Gasteiger charge is 2.14. The largest absolute Gasteiger partial charge is 0.350 e. The fourth-order valence-electron chi connectivity index (χ4n) is 5.54. The van der Waals surface area contributed by atoms with Crippen molar-refractivity contribution in [3.05, 3.63) is 194 Å². The van der Waals surface area contributed by atoms with Crippen molar-refractivity contribution in [2.45, 2.75) is 17.2 Å². The second-order valence-electron chi connectivity index (χ2n) is 11.9. The Balaban J connectivity index is 0.000000167. The van der Waals surface area contributed by atoms with Crippen LogP contribution in [0.25, 0.3) is 44.8 Å². The molecule has 0 unspecified atom stereocenters. The minimum atomic E-state index is -0.272. The maximum atomic E-state index is 13.3. The zero-order chi connectivity index (χ0) is 37.0. The molecular formula is C44H33F2N7S. The van der Waals surface area contributed by atoms with E-state index in [0.717, 1.165) is 56.2 Å². The minimum absolute atomic E-state index is 0.263. The minimum Gasteiger partial charge on any atom is -0.350 e. The number of nitrogens with one attached hydrogen (secondary N) is 1. The first-order valence-corrected chi connectivity index (χ1v) is 18.1. The predicted molar refractivity (Wildman–Crippen MR) is 211 cm³/mol. The van der Waals surface area contributed by atoms with Crippen molar-refractivity contribution in [2.24, 2.45) is 0 Å². The first kappa shape index (κ1) is 35.7. The topological polar surface area (TPSA) is 89.4 Å². The number of thioether (sulfide) groups is 1. The molecule has 0 spiro atoms. The SMILES string of the molecule is Fc1ccc(-c2cnc(CSc3ccccc3)nc2-c2ccncc2)cc1.Fc1ccc(-c2cnc(NCc3ccccc3)nc2-c2ccncc2)cc1. The van der Waals surface area contributed by atoms with Gasteiger partial charge in [0.25, 0.3) is 0 Å².